The molecule has 0 rings (SSSR count). The molecule has 23 heavy (non-hydrogen) atoms. The fourth-order valence-corrected chi connectivity index (χ4v) is 1.84. The van der Waals surface area contributed by atoms with Crippen LogP contribution in [0.4, 0.5) is 0 Å². The third-order valence-corrected chi connectivity index (χ3v) is 3.28. The highest BCUT2D eigenvalue weighted by Crippen LogP contribution is 2.06. The van der Waals surface area contributed by atoms with Crippen LogP contribution in [0.2, 0.25) is 0 Å². The van der Waals surface area contributed by atoms with Crippen molar-refractivity contribution in [3.8, 4) is 0 Å². The molecular formula is C13H23N3O6S. The third-order valence-electron chi connectivity index (χ3n) is 2.91. The molecule has 0 aliphatic heterocycles. The highest BCUT2D eigenvalue weighted by Gasteiger charge is 2.35. The molecule has 5 N–H and O–H groups in total. The summed E-state index contributed by atoms with van der Waals surface area (Å²) in [5.74, 6) is -3.40. The van der Waals surface area contributed by atoms with Crippen molar-refractivity contribution in [3.63, 3.8) is 0 Å². The Hall–Kier alpha value is -1.81. The molecule has 10 heteroatoms. The van der Waals surface area contributed by atoms with E-state index < -0.39 is 47.4 Å². The van der Waals surface area contributed by atoms with Gasteiger partial charge in [0.05, 0.1) is 6.10 Å². The molecular weight excluding hydrogens is 326 g/mol. The quantitative estimate of drug-likeness (QED) is 0.287. The Labute approximate surface area is 139 Å². The molecule has 0 aliphatic carbocycles. The number of aliphatic hydroxyl groups excluding tert-OH is 1. The second-order valence-electron chi connectivity index (χ2n) is 5.58. The van der Waals surface area contributed by atoms with Gasteiger partial charge in [-0.25, -0.2) is 4.79 Å². The van der Waals surface area contributed by atoms with Crippen LogP contribution in [-0.2, 0) is 19.2 Å². The SMILES string of the molecule is CC(=O)N[C@H](C(=O)NC(C)(C)C(=O)N[C@@H](CS)C(=O)O)[C@@H](C)O. The summed E-state index contributed by atoms with van der Waals surface area (Å²) in [6.45, 7) is 5.23. The summed E-state index contributed by atoms with van der Waals surface area (Å²) in [5, 5.41) is 25.3. The first-order valence-corrected chi connectivity index (χ1v) is 7.47. The van der Waals surface area contributed by atoms with Crippen molar-refractivity contribution in [2.75, 3.05) is 5.75 Å². The fourth-order valence-electron chi connectivity index (χ4n) is 1.59. The first-order chi connectivity index (χ1) is 10.4. The lowest BCUT2D eigenvalue weighted by molar-refractivity contribution is -0.142. The van der Waals surface area contributed by atoms with Crippen molar-refractivity contribution in [1.82, 2.24) is 16.0 Å². The summed E-state index contributed by atoms with van der Waals surface area (Å²) in [5.41, 5.74) is -1.46. The largest absolute Gasteiger partial charge is 0.480 e. The van der Waals surface area contributed by atoms with E-state index in [0.29, 0.717) is 0 Å². The number of thiol groups is 1. The number of rotatable bonds is 8. The normalized spacial score (nSPS) is 15.0. The minimum atomic E-state index is -1.46. The number of aliphatic carboxylic acids is 1. The van der Waals surface area contributed by atoms with Gasteiger partial charge < -0.3 is 26.2 Å². The van der Waals surface area contributed by atoms with Gasteiger partial charge in [-0.2, -0.15) is 12.6 Å². The van der Waals surface area contributed by atoms with Gasteiger partial charge in [0.2, 0.25) is 17.7 Å². The van der Waals surface area contributed by atoms with Crippen molar-refractivity contribution in [3.05, 3.63) is 0 Å². The maximum atomic E-state index is 12.1. The number of carboxylic acids is 1. The zero-order valence-electron chi connectivity index (χ0n) is 13.4. The lowest BCUT2D eigenvalue weighted by Gasteiger charge is -2.29. The molecule has 0 saturated heterocycles. The van der Waals surface area contributed by atoms with E-state index in [1.54, 1.807) is 0 Å². The minimum Gasteiger partial charge on any atom is -0.480 e. The van der Waals surface area contributed by atoms with E-state index in [1.165, 1.54) is 27.7 Å². The van der Waals surface area contributed by atoms with Crippen LogP contribution in [0.15, 0.2) is 0 Å². The molecule has 9 nitrogen and oxygen atoms in total. The van der Waals surface area contributed by atoms with Crippen molar-refractivity contribution < 1.29 is 29.4 Å². The molecule has 0 bridgehead atoms. The summed E-state index contributed by atoms with van der Waals surface area (Å²) >= 11 is 3.83. The number of amides is 3. The number of hydrogen-bond donors (Lipinski definition) is 6. The van der Waals surface area contributed by atoms with Crippen LogP contribution in [0.25, 0.3) is 0 Å². The average molecular weight is 349 g/mol. The third kappa shape index (κ3) is 6.87. The Bertz CT molecular complexity index is 480. The number of aliphatic hydroxyl groups is 1. The first kappa shape index (κ1) is 21.2. The number of nitrogens with one attached hydrogen (secondary N) is 3. The molecule has 0 fully saturated rings. The second-order valence-corrected chi connectivity index (χ2v) is 5.95. The van der Waals surface area contributed by atoms with Crippen molar-refractivity contribution in [1.29, 1.82) is 0 Å². The highest BCUT2D eigenvalue weighted by atomic mass is 32.1. The smallest absolute Gasteiger partial charge is 0.327 e. The molecule has 3 atom stereocenters. The second kappa shape index (κ2) is 8.73. The van der Waals surface area contributed by atoms with E-state index in [4.69, 9.17) is 5.11 Å². The molecule has 0 spiro atoms. The average Bonchev–Trinajstić information content (AvgIpc) is 2.40. The van der Waals surface area contributed by atoms with Crippen LogP contribution >= 0.6 is 12.6 Å². The first-order valence-electron chi connectivity index (χ1n) is 6.84. The van der Waals surface area contributed by atoms with E-state index in [1.807, 2.05) is 0 Å². The van der Waals surface area contributed by atoms with E-state index in [9.17, 15) is 24.3 Å². The van der Waals surface area contributed by atoms with Crippen LogP contribution in [0.1, 0.15) is 27.7 Å². The van der Waals surface area contributed by atoms with Crippen LogP contribution in [0.5, 0.6) is 0 Å². The minimum absolute atomic E-state index is 0.118. The topological polar surface area (TPSA) is 145 Å². The Kier molecular flexibility index (Phi) is 8.04. The summed E-state index contributed by atoms with van der Waals surface area (Å²) in [6.07, 6.45) is -1.18. The molecule has 0 radical (unpaired) electrons. The maximum Gasteiger partial charge on any atom is 0.327 e. The van der Waals surface area contributed by atoms with Gasteiger partial charge in [0.1, 0.15) is 17.6 Å². The van der Waals surface area contributed by atoms with Gasteiger partial charge in [-0.05, 0) is 20.8 Å². The predicted octanol–water partition coefficient (Wildman–Crippen LogP) is -1.73. The highest BCUT2D eigenvalue weighted by molar-refractivity contribution is 7.80. The van der Waals surface area contributed by atoms with E-state index in [2.05, 4.69) is 28.6 Å². The summed E-state index contributed by atoms with van der Waals surface area (Å²) < 4.78 is 0. The number of carbonyl (C=O) groups is 4. The van der Waals surface area contributed by atoms with Crippen molar-refractivity contribution in [2.45, 2.75) is 51.4 Å². The lowest BCUT2D eigenvalue weighted by atomic mass is 10.0. The standard InChI is InChI=1S/C13H23N3O6S/c1-6(17)9(14-7(2)18)10(19)16-13(3,4)12(22)15-8(5-23)11(20)21/h6,8-9,17,23H,5H2,1-4H3,(H,14,18)(H,15,22)(H,16,19)(H,20,21)/t6-,8+,9+/m1/s1. The zero-order valence-corrected chi connectivity index (χ0v) is 14.3. The van der Waals surface area contributed by atoms with Crippen LogP contribution in [0.3, 0.4) is 0 Å². The Balaban J connectivity index is 5.00. The van der Waals surface area contributed by atoms with Gasteiger partial charge in [-0.3, -0.25) is 14.4 Å². The molecule has 0 saturated carbocycles. The molecule has 132 valence electrons. The van der Waals surface area contributed by atoms with Crippen LogP contribution in [-0.4, -0.2) is 63.4 Å². The van der Waals surface area contributed by atoms with Gasteiger partial charge in [-0.15, -0.1) is 0 Å². The monoisotopic (exact) mass is 349 g/mol. The maximum absolute atomic E-state index is 12.1. The van der Waals surface area contributed by atoms with Gasteiger partial charge in [0, 0.05) is 12.7 Å². The predicted molar refractivity (Wildman–Crippen MR) is 84.9 cm³/mol. The van der Waals surface area contributed by atoms with Crippen LogP contribution in [0, 0.1) is 0 Å². The van der Waals surface area contributed by atoms with E-state index in [-0.39, 0.29) is 5.75 Å². The fraction of sp³-hybridized carbons (Fsp3) is 0.692. The Morgan fingerprint density at radius 1 is 1.17 bits per heavy atom. The van der Waals surface area contributed by atoms with E-state index in [0.717, 1.165) is 0 Å². The number of carbonyl (C=O) groups excluding carboxylic acids is 3. The van der Waals surface area contributed by atoms with E-state index >= 15 is 0 Å². The van der Waals surface area contributed by atoms with Crippen molar-refractivity contribution >= 4 is 36.3 Å². The molecule has 3 amide bonds. The van der Waals surface area contributed by atoms with Crippen molar-refractivity contribution in [2.24, 2.45) is 0 Å². The van der Waals surface area contributed by atoms with Gasteiger partial charge in [0.15, 0.2) is 0 Å². The lowest BCUT2D eigenvalue weighted by Crippen LogP contribution is -2.62. The summed E-state index contributed by atoms with van der Waals surface area (Å²) in [4.78, 5) is 46.2. The van der Waals surface area contributed by atoms with Gasteiger partial charge in [0.25, 0.3) is 0 Å². The molecule has 0 unspecified atom stereocenters. The number of hydrogen-bond acceptors (Lipinski definition) is 6. The molecule has 0 aliphatic rings. The molecule has 0 aromatic carbocycles. The summed E-state index contributed by atoms with van der Waals surface area (Å²) in [7, 11) is 0. The molecule has 0 heterocycles. The Morgan fingerprint density at radius 2 is 1.70 bits per heavy atom. The number of carboxylic acid groups (broad SMARTS) is 1. The zero-order chi connectivity index (χ0) is 18.4. The van der Waals surface area contributed by atoms with Gasteiger partial charge >= 0.3 is 5.97 Å². The molecule has 0 aromatic heterocycles. The Morgan fingerprint density at radius 3 is 2.04 bits per heavy atom. The van der Waals surface area contributed by atoms with Crippen LogP contribution < -0.4 is 16.0 Å². The summed E-state index contributed by atoms with van der Waals surface area (Å²) in [6, 6.07) is -2.44. The molecule has 0 aromatic rings. The van der Waals surface area contributed by atoms with Gasteiger partial charge in [-0.1, -0.05) is 0 Å².